The van der Waals surface area contributed by atoms with Gasteiger partial charge >= 0.3 is 0 Å². The molecule has 0 atom stereocenters. The summed E-state index contributed by atoms with van der Waals surface area (Å²) in [6.45, 7) is 3.57. The van der Waals surface area contributed by atoms with Gasteiger partial charge in [0.1, 0.15) is 30.3 Å². The van der Waals surface area contributed by atoms with E-state index in [0.29, 0.717) is 6.61 Å². The molecule has 3 rings (SSSR count). The second kappa shape index (κ2) is 8.68. The molecule has 0 spiro atoms. The maximum Gasteiger partial charge on any atom is 0.135 e. The van der Waals surface area contributed by atoms with Gasteiger partial charge in [-0.3, -0.25) is 0 Å². The van der Waals surface area contributed by atoms with E-state index in [1.807, 2.05) is 48.5 Å². The molecule has 25 heavy (non-hydrogen) atoms. The van der Waals surface area contributed by atoms with E-state index in [9.17, 15) is 0 Å². The predicted molar refractivity (Wildman–Crippen MR) is 101 cm³/mol. The van der Waals surface area contributed by atoms with E-state index >= 15 is 0 Å². The van der Waals surface area contributed by atoms with Crippen molar-refractivity contribution in [2.75, 3.05) is 17.2 Å². The first-order valence-corrected chi connectivity index (χ1v) is 8.43. The topological polar surface area (TPSA) is 59.1 Å². The summed E-state index contributed by atoms with van der Waals surface area (Å²) >= 11 is 0. The molecule has 0 bridgehead atoms. The fourth-order valence-electron chi connectivity index (χ4n) is 2.30. The molecule has 1 heterocycles. The Bertz CT molecular complexity index is 775. The number of hydrogen-bond donors (Lipinski definition) is 2. The van der Waals surface area contributed by atoms with Crippen LogP contribution in [0.5, 0.6) is 5.75 Å². The Morgan fingerprint density at radius 2 is 1.68 bits per heavy atom. The average Bonchev–Trinajstić information content (AvgIpc) is 2.67. The van der Waals surface area contributed by atoms with Crippen LogP contribution in [0.25, 0.3) is 0 Å². The molecule has 0 fully saturated rings. The Hall–Kier alpha value is -3.08. The highest BCUT2D eigenvalue weighted by atomic mass is 16.5. The van der Waals surface area contributed by atoms with Crippen LogP contribution in [0.1, 0.15) is 18.9 Å². The molecule has 0 amide bonds. The molecule has 128 valence electrons. The minimum absolute atomic E-state index is 0.561. The van der Waals surface area contributed by atoms with Crippen molar-refractivity contribution in [1.82, 2.24) is 9.97 Å². The lowest BCUT2D eigenvalue weighted by atomic mass is 10.2. The summed E-state index contributed by atoms with van der Waals surface area (Å²) in [4.78, 5) is 8.45. The monoisotopic (exact) mass is 334 g/mol. The normalized spacial score (nSPS) is 10.3. The number of ether oxygens (including phenoxy) is 1. The third-order valence-electron chi connectivity index (χ3n) is 3.60. The lowest BCUT2D eigenvalue weighted by Gasteiger charge is -2.10. The molecule has 2 aromatic carbocycles. The fourth-order valence-corrected chi connectivity index (χ4v) is 2.30. The molecule has 0 aliphatic carbocycles. The molecular formula is C20H22N4O. The zero-order valence-corrected chi connectivity index (χ0v) is 14.3. The van der Waals surface area contributed by atoms with Gasteiger partial charge in [0.15, 0.2) is 0 Å². The summed E-state index contributed by atoms with van der Waals surface area (Å²) in [5.74, 6) is 2.41. The maximum atomic E-state index is 5.80. The molecule has 0 radical (unpaired) electrons. The highest BCUT2D eigenvalue weighted by molar-refractivity contribution is 5.59. The van der Waals surface area contributed by atoms with E-state index in [1.165, 1.54) is 0 Å². The SMILES string of the molecule is CCCNc1cc(Nc2ccc(OCc3ccccc3)cc2)ncn1. The van der Waals surface area contributed by atoms with E-state index in [0.717, 1.165) is 41.6 Å². The first kappa shape index (κ1) is 16.8. The van der Waals surface area contributed by atoms with Crippen LogP contribution >= 0.6 is 0 Å². The Morgan fingerprint density at radius 3 is 2.44 bits per heavy atom. The van der Waals surface area contributed by atoms with Crippen LogP contribution in [0, 0.1) is 0 Å². The Balaban J connectivity index is 1.57. The van der Waals surface area contributed by atoms with Gasteiger partial charge in [-0.2, -0.15) is 0 Å². The van der Waals surface area contributed by atoms with Gasteiger partial charge < -0.3 is 15.4 Å². The molecule has 5 nitrogen and oxygen atoms in total. The standard InChI is InChI=1S/C20H22N4O/c1-2-12-21-19-13-20(23-15-22-19)24-17-8-10-18(11-9-17)25-14-16-6-4-3-5-7-16/h3-11,13,15H,2,12,14H2,1H3,(H2,21,22,23,24). The van der Waals surface area contributed by atoms with E-state index < -0.39 is 0 Å². The predicted octanol–water partition coefficient (Wildman–Crippen LogP) is 4.62. The van der Waals surface area contributed by atoms with Crippen molar-refractivity contribution in [3.8, 4) is 5.75 Å². The van der Waals surface area contributed by atoms with E-state index in [-0.39, 0.29) is 0 Å². The van der Waals surface area contributed by atoms with Crippen LogP contribution in [-0.4, -0.2) is 16.5 Å². The van der Waals surface area contributed by atoms with Crippen LogP contribution in [0.15, 0.2) is 67.0 Å². The molecule has 3 aromatic rings. The van der Waals surface area contributed by atoms with Crippen molar-refractivity contribution < 1.29 is 4.74 Å². The van der Waals surface area contributed by atoms with Crippen LogP contribution in [0.2, 0.25) is 0 Å². The van der Waals surface area contributed by atoms with Gasteiger partial charge in [-0.25, -0.2) is 9.97 Å². The lowest BCUT2D eigenvalue weighted by Crippen LogP contribution is -2.03. The molecule has 5 heteroatoms. The molecule has 0 saturated heterocycles. The van der Waals surface area contributed by atoms with Crippen molar-refractivity contribution in [3.05, 3.63) is 72.6 Å². The second-order valence-electron chi connectivity index (χ2n) is 5.64. The number of aromatic nitrogens is 2. The van der Waals surface area contributed by atoms with Crippen LogP contribution in [0.3, 0.4) is 0 Å². The van der Waals surface area contributed by atoms with Gasteiger partial charge in [0.2, 0.25) is 0 Å². The first-order valence-electron chi connectivity index (χ1n) is 8.43. The molecule has 1 aromatic heterocycles. The molecule has 2 N–H and O–H groups in total. The van der Waals surface area contributed by atoms with Crippen molar-refractivity contribution in [2.45, 2.75) is 20.0 Å². The Labute approximate surface area is 148 Å². The minimum Gasteiger partial charge on any atom is -0.489 e. The van der Waals surface area contributed by atoms with Crippen LogP contribution in [0.4, 0.5) is 17.3 Å². The number of rotatable bonds is 8. The van der Waals surface area contributed by atoms with E-state index in [2.05, 4.69) is 39.7 Å². The quantitative estimate of drug-likeness (QED) is 0.629. The number of anilines is 3. The van der Waals surface area contributed by atoms with Gasteiger partial charge in [-0.1, -0.05) is 37.3 Å². The van der Waals surface area contributed by atoms with Crippen molar-refractivity contribution in [3.63, 3.8) is 0 Å². The van der Waals surface area contributed by atoms with Crippen LogP contribution in [-0.2, 0) is 6.61 Å². The fraction of sp³-hybridized carbons (Fsp3) is 0.200. The highest BCUT2D eigenvalue weighted by Gasteiger charge is 2.01. The lowest BCUT2D eigenvalue weighted by molar-refractivity contribution is 0.306. The van der Waals surface area contributed by atoms with Crippen molar-refractivity contribution in [2.24, 2.45) is 0 Å². The average molecular weight is 334 g/mol. The molecular weight excluding hydrogens is 312 g/mol. The highest BCUT2D eigenvalue weighted by Crippen LogP contribution is 2.20. The first-order chi connectivity index (χ1) is 12.3. The smallest absolute Gasteiger partial charge is 0.135 e. The van der Waals surface area contributed by atoms with Crippen molar-refractivity contribution in [1.29, 1.82) is 0 Å². The molecule has 0 aliphatic heterocycles. The maximum absolute atomic E-state index is 5.80. The second-order valence-corrected chi connectivity index (χ2v) is 5.64. The number of nitrogens with one attached hydrogen (secondary N) is 2. The van der Waals surface area contributed by atoms with E-state index in [1.54, 1.807) is 6.33 Å². The number of hydrogen-bond acceptors (Lipinski definition) is 5. The van der Waals surface area contributed by atoms with Crippen molar-refractivity contribution >= 4 is 17.3 Å². The van der Waals surface area contributed by atoms with Gasteiger partial charge in [0.25, 0.3) is 0 Å². The summed E-state index contributed by atoms with van der Waals surface area (Å²) in [5.41, 5.74) is 2.10. The molecule has 0 saturated carbocycles. The van der Waals surface area contributed by atoms with Gasteiger partial charge in [-0.15, -0.1) is 0 Å². The zero-order valence-electron chi connectivity index (χ0n) is 14.3. The summed E-state index contributed by atoms with van der Waals surface area (Å²) in [7, 11) is 0. The largest absolute Gasteiger partial charge is 0.489 e. The van der Waals surface area contributed by atoms with Gasteiger partial charge in [0.05, 0.1) is 0 Å². The van der Waals surface area contributed by atoms with Crippen LogP contribution < -0.4 is 15.4 Å². The molecule has 0 aliphatic rings. The Morgan fingerprint density at radius 1 is 0.920 bits per heavy atom. The Kier molecular flexibility index (Phi) is 5.82. The number of nitrogens with zero attached hydrogens (tertiary/aromatic N) is 2. The summed E-state index contributed by atoms with van der Waals surface area (Å²) in [5, 5.41) is 6.53. The minimum atomic E-state index is 0.561. The third-order valence-corrected chi connectivity index (χ3v) is 3.60. The summed E-state index contributed by atoms with van der Waals surface area (Å²) in [6.07, 6.45) is 2.61. The number of benzene rings is 2. The summed E-state index contributed by atoms with van der Waals surface area (Å²) < 4.78 is 5.80. The summed E-state index contributed by atoms with van der Waals surface area (Å²) in [6, 6.07) is 19.9. The zero-order chi connectivity index (χ0) is 17.3. The third kappa shape index (κ3) is 5.21. The van der Waals surface area contributed by atoms with E-state index in [4.69, 9.17) is 4.74 Å². The van der Waals surface area contributed by atoms with Gasteiger partial charge in [0, 0.05) is 18.3 Å². The molecule has 0 unspecified atom stereocenters. The van der Waals surface area contributed by atoms with Gasteiger partial charge in [-0.05, 0) is 36.2 Å².